The quantitative estimate of drug-likeness (QED) is 0.113. The maximum Gasteiger partial charge on any atom is 0.101 e. The van der Waals surface area contributed by atoms with E-state index in [1.165, 1.54) is 54.6 Å². The van der Waals surface area contributed by atoms with Gasteiger partial charge >= 0.3 is 0 Å². The van der Waals surface area contributed by atoms with Crippen molar-refractivity contribution in [2.45, 2.75) is 19.3 Å². The molecule has 12 aromatic rings. The van der Waals surface area contributed by atoms with Gasteiger partial charge in [0.25, 0.3) is 0 Å². The van der Waals surface area contributed by atoms with Crippen LogP contribution in [0.25, 0.3) is 77.1 Å². The summed E-state index contributed by atoms with van der Waals surface area (Å²) in [6.45, 7) is 4.69. The van der Waals surface area contributed by atoms with Crippen LogP contribution >= 0.6 is 0 Å². The molecule has 0 saturated heterocycles. The van der Waals surface area contributed by atoms with Crippen LogP contribution in [0, 0.1) is 22.7 Å². The molecule has 4 heteroatoms. The number of fused-ring (bicyclic) bond motifs is 11. The molecule has 0 bridgehead atoms. The Balaban J connectivity index is 0.904. The second-order valence-electron chi connectivity index (χ2n) is 19.5. The van der Waals surface area contributed by atoms with Gasteiger partial charge in [0.2, 0.25) is 0 Å². The molecule has 0 atom stereocenters. The monoisotopic (exact) mass is 930 g/mol. The number of hydrogen-bond acceptors (Lipinski definition) is 4. The Kier molecular flexibility index (Phi) is 10.3. The van der Waals surface area contributed by atoms with Crippen molar-refractivity contribution in [3.63, 3.8) is 0 Å². The second kappa shape index (κ2) is 17.3. The van der Waals surface area contributed by atoms with E-state index in [2.05, 4.69) is 236 Å². The zero-order valence-corrected chi connectivity index (χ0v) is 40.4. The first-order valence-electron chi connectivity index (χ1n) is 24.8. The van der Waals surface area contributed by atoms with Crippen molar-refractivity contribution in [1.82, 2.24) is 0 Å². The fourth-order valence-electron chi connectivity index (χ4n) is 11.6. The lowest BCUT2D eigenvalue weighted by Gasteiger charge is -2.30. The first-order chi connectivity index (χ1) is 35.9. The van der Waals surface area contributed by atoms with Crippen molar-refractivity contribution in [3.8, 4) is 23.3 Å². The normalized spacial score (nSPS) is 12.5. The lowest BCUT2D eigenvalue weighted by atomic mass is 9.81. The molecule has 0 radical (unpaired) electrons. The highest BCUT2D eigenvalue weighted by Crippen LogP contribution is 2.54. The van der Waals surface area contributed by atoms with Crippen molar-refractivity contribution in [2.24, 2.45) is 0 Å². The number of anilines is 6. The smallest absolute Gasteiger partial charge is 0.101 e. The predicted molar refractivity (Wildman–Crippen MR) is 306 cm³/mol. The first kappa shape index (κ1) is 43.3. The van der Waals surface area contributed by atoms with Gasteiger partial charge in [0.1, 0.15) is 12.1 Å². The molecule has 0 aromatic heterocycles. The molecule has 0 unspecified atom stereocenters. The highest BCUT2D eigenvalue weighted by atomic mass is 15.2. The Morgan fingerprint density at radius 1 is 0.370 bits per heavy atom. The van der Waals surface area contributed by atoms with Gasteiger partial charge in [-0.3, -0.25) is 0 Å². The van der Waals surface area contributed by atoms with Crippen LogP contribution in [-0.2, 0) is 5.41 Å². The maximum absolute atomic E-state index is 10.6. The van der Waals surface area contributed by atoms with E-state index in [-0.39, 0.29) is 5.41 Å². The summed E-state index contributed by atoms with van der Waals surface area (Å²) in [5.74, 6) is 0. The van der Waals surface area contributed by atoms with Crippen LogP contribution in [0.3, 0.4) is 0 Å². The summed E-state index contributed by atoms with van der Waals surface area (Å²) >= 11 is 0. The van der Waals surface area contributed by atoms with Gasteiger partial charge in [-0.15, -0.1) is 0 Å². The van der Waals surface area contributed by atoms with Crippen molar-refractivity contribution in [1.29, 1.82) is 10.5 Å². The van der Waals surface area contributed by atoms with Gasteiger partial charge in [-0.05, 0) is 143 Å². The van der Waals surface area contributed by atoms with Crippen LogP contribution in [0.5, 0.6) is 0 Å². The Morgan fingerprint density at radius 2 is 0.822 bits per heavy atom. The van der Waals surface area contributed by atoms with E-state index < -0.39 is 0 Å². The van der Waals surface area contributed by atoms with Crippen LogP contribution < -0.4 is 9.80 Å². The van der Waals surface area contributed by atoms with E-state index in [1.807, 2.05) is 42.5 Å². The van der Waals surface area contributed by atoms with Gasteiger partial charge in [0, 0.05) is 27.6 Å². The molecule has 1 aliphatic rings. The van der Waals surface area contributed by atoms with Crippen LogP contribution in [0.4, 0.5) is 34.1 Å². The molecule has 1 aliphatic carbocycles. The SMILES string of the molecule is CC1(C)c2cc(N(c3ccccc3C#N)c3cc4ccccc4c4ccccc34)ccc2-c2c1cc(/C=C/c1ccc(N(c3ccccc3C#N)c3cc4ccccc4c4ccccc34)cc1)c1ccccc21. The fourth-order valence-corrected chi connectivity index (χ4v) is 11.6. The standard InChI is InChI=1S/C69H46N4/c1-69(2)62-42-52(73(65-30-16-6-20-50(65)44-71)67-41-47-18-4-8-22-54(47)57-25-11-13-27-59(57)67)37-38-61(62)68-60-28-14-9-23-55(60)48(39-63(68)69)34-31-45-32-35-51(36-33-45)72(64-29-15-5-19-49(64)43-70)66-40-46-17-3-7-21-53(46)56-24-10-12-26-58(56)66/h3-42H,1-2H3/b34-31+. The number of rotatable bonds is 8. The van der Waals surface area contributed by atoms with Crippen LogP contribution in [0.15, 0.2) is 231 Å². The topological polar surface area (TPSA) is 54.1 Å². The molecule has 73 heavy (non-hydrogen) atoms. The van der Waals surface area contributed by atoms with E-state index in [0.29, 0.717) is 11.1 Å². The van der Waals surface area contributed by atoms with E-state index in [1.54, 1.807) is 0 Å². The Morgan fingerprint density at radius 3 is 1.38 bits per heavy atom. The van der Waals surface area contributed by atoms with E-state index in [4.69, 9.17) is 0 Å². The lowest BCUT2D eigenvalue weighted by Crippen LogP contribution is -2.17. The summed E-state index contributed by atoms with van der Waals surface area (Å²) in [5.41, 5.74) is 13.8. The third-order valence-electron chi connectivity index (χ3n) is 15.1. The highest BCUT2D eigenvalue weighted by molar-refractivity contribution is 6.16. The van der Waals surface area contributed by atoms with E-state index in [9.17, 15) is 10.5 Å². The largest absolute Gasteiger partial charge is 0.309 e. The molecule has 342 valence electrons. The molecule has 0 amide bonds. The van der Waals surface area contributed by atoms with Crippen molar-refractivity contribution >= 4 is 100 Å². The average Bonchev–Trinajstić information content (AvgIpc) is 3.67. The maximum atomic E-state index is 10.6. The lowest BCUT2D eigenvalue weighted by molar-refractivity contribution is 0.661. The van der Waals surface area contributed by atoms with E-state index >= 15 is 0 Å². The van der Waals surface area contributed by atoms with Crippen LogP contribution in [-0.4, -0.2) is 0 Å². The molecule has 13 rings (SSSR count). The summed E-state index contributed by atoms with van der Waals surface area (Å²) in [6, 6.07) is 86.2. The molecule has 0 heterocycles. The summed E-state index contributed by atoms with van der Waals surface area (Å²) in [5, 5.41) is 32.6. The molecule has 0 spiro atoms. The van der Waals surface area contributed by atoms with Gasteiger partial charge < -0.3 is 9.80 Å². The Bertz CT molecular complexity index is 4340. The molecule has 0 N–H and O–H groups in total. The summed E-state index contributed by atoms with van der Waals surface area (Å²) in [7, 11) is 0. The zero-order chi connectivity index (χ0) is 49.2. The molecule has 0 fully saturated rings. The van der Waals surface area contributed by atoms with Crippen molar-refractivity contribution in [2.75, 3.05) is 9.80 Å². The minimum absolute atomic E-state index is 0.350. The molecule has 0 aliphatic heterocycles. The van der Waals surface area contributed by atoms with Crippen LogP contribution in [0.2, 0.25) is 0 Å². The number of nitrogens with zero attached hydrogens (tertiary/aromatic N) is 4. The number of nitriles is 2. The van der Waals surface area contributed by atoms with Gasteiger partial charge in [0.05, 0.1) is 33.9 Å². The highest BCUT2D eigenvalue weighted by Gasteiger charge is 2.38. The molecule has 12 aromatic carbocycles. The average molecular weight is 931 g/mol. The molecule has 4 nitrogen and oxygen atoms in total. The summed E-state index contributed by atoms with van der Waals surface area (Å²) < 4.78 is 0. The van der Waals surface area contributed by atoms with E-state index in [0.717, 1.165) is 66.8 Å². The number of hydrogen-bond donors (Lipinski definition) is 0. The zero-order valence-electron chi connectivity index (χ0n) is 40.4. The van der Waals surface area contributed by atoms with Crippen molar-refractivity contribution < 1.29 is 0 Å². The predicted octanol–water partition coefficient (Wildman–Crippen LogP) is 18.6. The third kappa shape index (κ3) is 7.04. The molecule has 0 saturated carbocycles. The fraction of sp³-hybridized carbons (Fsp3) is 0.0435. The van der Waals surface area contributed by atoms with Gasteiger partial charge in [0.15, 0.2) is 0 Å². The number of para-hydroxylation sites is 2. The van der Waals surface area contributed by atoms with Crippen molar-refractivity contribution in [3.05, 3.63) is 264 Å². The van der Waals surface area contributed by atoms with Crippen LogP contribution in [0.1, 0.15) is 47.2 Å². The van der Waals surface area contributed by atoms with Gasteiger partial charge in [-0.25, -0.2) is 0 Å². The Labute approximate surface area is 424 Å². The minimum Gasteiger partial charge on any atom is -0.309 e. The molecular weight excluding hydrogens is 885 g/mol. The Hall–Kier alpha value is -9.74. The van der Waals surface area contributed by atoms with Gasteiger partial charge in [-0.1, -0.05) is 190 Å². The minimum atomic E-state index is -0.350. The first-order valence-corrected chi connectivity index (χ1v) is 24.8. The number of benzene rings is 12. The second-order valence-corrected chi connectivity index (χ2v) is 19.5. The summed E-state index contributed by atoms with van der Waals surface area (Å²) in [6.07, 6.45) is 4.47. The molecular formula is C69H46N4. The third-order valence-corrected chi connectivity index (χ3v) is 15.1. The summed E-state index contributed by atoms with van der Waals surface area (Å²) in [4.78, 5) is 4.52. The van der Waals surface area contributed by atoms with Gasteiger partial charge in [-0.2, -0.15) is 10.5 Å².